The van der Waals surface area contributed by atoms with Crippen molar-refractivity contribution in [3.05, 3.63) is 65.7 Å². The predicted octanol–water partition coefficient (Wildman–Crippen LogP) is 4.16. The molecule has 3 rings (SSSR count). The van der Waals surface area contributed by atoms with Crippen LogP contribution in [0.1, 0.15) is 35.2 Å². The maximum absolute atomic E-state index is 13.3. The number of amides is 2. The van der Waals surface area contributed by atoms with Gasteiger partial charge < -0.3 is 15.0 Å². The van der Waals surface area contributed by atoms with Crippen molar-refractivity contribution in [1.82, 2.24) is 10.2 Å². The summed E-state index contributed by atoms with van der Waals surface area (Å²) in [5, 5.41) is 2.99. The van der Waals surface area contributed by atoms with E-state index < -0.39 is 6.04 Å². The second-order valence-corrected chi connectivity index (χ2v) is 9.08. The minimum Gasteiger partial charge on any atom is -0.493 e. The molecule has 5 nitrogen and oxygen atoms in total. The maximum Gasteiger partial charge on any atom is 0.251 e. The number of rotatable bonds is 9. The highest BCUT2D eigenvalue weighted by Gasteiger charge is 2.30. The molecule has 0 aromatic heterocycles. The summed E-state index contributed by atoms with van der Waals surface area (Å²) >= 11 is 1.68. The van der Waals surface area contributed by atoms with Crippen molar-refractivity contribution in [2.75, 3.05) is 31.7 Å². The lowest BCUT2D eigenvalue weighted by Gasteiger charge is -2.35. The fourth-order valence-corrected chi connectivity index (χ4v) is 4.34. The first kappa shape index (κ1) is 23.2. The monoisotopic (exact) mass is 440 g/mol. The number of piperidine rings is 1. The highest BCUT2D eigenvalue weighted by Crippen LogP contribution is 2.20. The zero-order chi connectivity index (χ0) is 22.1. The molecule has 2 unspecified atom stereocenters. The molecule has 2 amide bonds. The van der Waals surface area contributed by atoms with Crippen molar-refractivity contribution in [3.63, 3.8) is 0 Å². The van der Waals surface area contributed by atoms with Crippen LogP contribution in [0.25, 0.3) is 0 Å². The third-order valence-electron chi connectivity index (χ3n) is 5.55. The molecule has 0 aliphatic carbocycles. The minimum absolute atomic E-state index is 0.0134. The van der Waals surface area contributed by atoms with Crippen LogP contribution in [0.2, 0.25) is 0 Å². The van der Waals surface area contributed by atoms with Crippen molar-refractivity contribution in [3.8, 4) is 5.75 Å². The normalized spacial score (nSPS) is 17.1. The molecule has 6 heteroatoms. The number of thioether (sulfide) groups is 1. The van der Waals surface area contributed by atoms with E-state index in [1.165, 1.54) is 0 Å². The standard InChI is InChI=1S/C25H32N2O3S/c1-19-8-6-10-21(16-19)24(28)26-23(13-15-31-2)25(29)27-14-7-9-20(17-27)18-30-22-11-4-3-5-12-22/h3-6,8,10-12,16,20,23H,7,9,13-15,17-18H2,1-2H3,(H,26,28). The second kappa shape index (κ2) is 11.8. The molecule has 1 N–H and O–H groups in total. The Bertz CT molecular complexity index is 859. The molecule has 1 saturated heterocycles. The quantitative estimate of drug-likeness (QED) is 0.636. The van der Waals surface area contributed by atoms with Crippen LogP contribution < -0.4 is 10.1 Å². The molecule has 31 heavy (non-hydrogen) atoms. The summed E-state index contributed by atoms with van der Waals surface area (Å²) in [6.45, 7) is 3.95. The van der Waals surface area contributed by atoms with E-state index in [1.807, 2.05) is 66.6 Å². The summed E-state index contributed by atoms with van der Waals surface area (Å²) in [4.78, 5) is 28.0. The largest absolute Gasteiger partial charge is 0.493 e. The van der Waals surface area contributed by atoms with Gasteiger partial charge in [-0.05, 0) is 62.5 Å². The lowest BCUT2D eigenvalue weighted by atomic mass is 9.98. The number of aryl methyl sites for hydroxylation is 1. The first-order chi connectivity index (χ1) is 15.1. The van der Waals surface area contributed by atoms with Gasteiger partial charge in [0.15, 0.2) is 0 Å². The van der Waals surface area contributed by atoms with Crippen molar-refractivity contribution < 1.29 is 14.3 Å². The van der Waals surface area contributed by atoms with Crippen LogP contribution in [-0.2, 0) is 4.79 Å². The van der Waals surface area contributed by atoms with Gasteiger partial charge in [-0.3, -0.25) is 9.59 Å². The van der Waals surface area contributed by atoms with Crippen molar-refractivity contribution in [2.24, 2.45) is 5.92 Å². The predicted molar refractivity (Wildman–Crippen MR) is 127 cm³/mol. The molecule has 1 heterocycles. The molecule has 2 aromatic carbocycles. The summed E-state index contributed by atoms with van der Waals surface area (Å²) in [6, 6.07) is 16.7. The average Bonchev–Trinajstić information content (AvgIpc) is 2.80. The van der Waals surface area contributed by atoms with Gasteiger partial charge in [-0.15, -0.1) is 0 Å². The highest BCUT2D eigenvalue weighted by atomic mass is 32.2. The smallest absolute Gasteiger partial charge is 0.251 e. The Kier molecular flexibility index (Phi) is 8.83. The zero-order valence-corrected chi connectivity index (χ0v) is 19.2. The number of hydrogen-bond donors (Lipinski definition) is 1. The first-order valence-corrected chi connectivity index (χ1v) is 12.3. The minimum atomic E-state index is -0.505. The number of nitrogens with zero attached hydrogens (tertiary/aromatic N) is 1. The van der Waals surface area contributed by atoms with Crippen LogP contribution in [0.15, 0.2) is 54.6 Å². The number of ether oxygens (including phenoxy) is 1. The third kappa shape index (κ3) is 7.03. The SMILES string of the molecule is CSCCC(NC(=O)c1cccc(C)c1)C(=O)N1CCCC(COc2ccccc2)C1. The van der Waals surface area contributed by atoms with E-state index in [0.717, 1.165) is 36.5 Å². The van der Waals surface area contributed by atoms with Gasteiger partial charge in [-0.25, -0.2) is 0 Å². The lowest BCUT2D eigenvalue weighted by molar-refractivity contribution is -0.135. The number of hydrogen-bond acceptors (Lipinski definition) is 4. The molecule has 0 radical (unpaired) electrons. The van der Waals surface area contributed by atoms with Crippen LogP contribution in [0.5, 0.6) is 5.75 Å². The fourth-order valence-electron chi connectivity index (χ4n) is 3.87. The molecule has 1 fully saturated rings. The van der Waals surface area contributed by atoms with E-state index in [-0.39, 0.29) is 11.8 Å². The molecule has 0 bridgehead atoms. The van der Waals surface area contributed by atoms with Gasteiger partial charge in [0.2, 0.25) is 5.91 Å². The van der Waals surface area contributed by atoms with Gasteiger partial charge in [0.05, 0.1) is 6.61 Å². The van der Waals surface area contributed by atoms with E-state index in [4.69, 9.17) is 4.74 Å². The summed E-state index contributed by atoms with van der Waals surface area (Å²) in [5.41, 5.74) is 1.62. The molecular formula is C25H32N2O3S. The van der Waals surface area contributed by atoms with E-state index in [0.29, 0.717) is 31.1 Å². The number of nitrogens with one attached hydrogen (secondary N) is 1. The van der Waals surface area contributed by atoms with Crippen LogP contribution in [-0.4, -0.2) is 54.5 Å². The van der Waals surface area contributed by atoms with E-state index >= 15 is 0 Å². The topological polar surface area (TPSA) is 58.6 Å². The van der Waals surface area contributed by atoms with Gasteiger partial charge in [0.25, 0.3) is 5.91 Å². The Labute approximate surface area is 189 Å². The maximum atomic E-state index is 13.3. The number of carbonyl (C=O) groups is 2. The molecule has 2 atom stereocenters. The van der Waals surface area contributed by atoms with Gasteiger partial charge in [0, 0.05) is 24.6 Å². The zero-order valence-electron chi connectivity index (χ0n) is 18.4. The molecule has 2 aromatic rings. The Balaban J connectivity index is 1.60. The van der Waals surface area contributed by atoms with Gasteiger partial charge in [-0.1, -0.05) is 35.9 Å². The Hall–Kier alpha value is -2.47. The Morgan fingerprint density at radius 2 is 2.00 bits per heavy atom. The summed E-state index contributed by atoms with van der Waals surface area (Å²) < 4.78 is 5.92. The van der Waals surface area contributed by atoms with E-state index in [1.54, 1.807) is 17.8 Å². The third-order valence-corrected chi connectivity index (χ3v) is 6.20. The van der Waals surface area contributed by atoms with Crippen LogP contribution in [0, 0.1) is 12.8 Å². The summed E-state index contributed by atoms with van der Waals surface area (Å²) in [6.07, 6.45) is 4.64. The molecule has 1 aliphatic rings. The summed E-state index contributed by atoms with van der Waals surface area (Å²) in [5.74, 6) is 1.79. The van der Waals surface area contributed by atoms with E-state index in [2.05, 4.69) is 5.32 Å². The van der Waals surface area contributed by atoms with Crippen LogP contribution in [0.4, 0.5) is 0 Å². The molecule has 1 aliphatic heterocycles. The fraction of sp³-hybridized carbons (Fsp3) is 0.440. The average molecular weight is 441 g/mol. The number of carbonyl (C=O) groups excluding carboxylic acids is 2. The molecule has 0 spiro atoms. The van der Waals surface area contributed by atoms with Crippen LogP contribution >= 0.6 is 11.8 Å². The van der Waals surface area contributed by atoms with Crippen molar-refractivity contribution in [1.29, 1.82) is 0 Å². The number of benzene rings is 2. The number of likely N-dealkylation sites (tertiary alicyclic amines) is 1. The van der Waals surface area contributed by atoms with Gasteiger partial charge in [-0.2, -0.15) is 11.8 Å². The Morgan fingerprint density at radius 1 is 1.19 bits per heavy atom. The number of para-hydroxylation sites is 1. The molecule has 0 saturated carbocycles. The first-order valence-electron chi connectivity index (χ1n) is 10.9. The molecular weight excluding hydrogens is 408 g/mol. The van der Waals surface area contributed by atoms with E-state index in [9.17, 15) is 9.59 Å². The Morgan fingerprint density at radius 3 is 2.74 bits per heavy atom. The summed E-state index contributed by atoms with van der Waals surface area (Å²) in [7, 11) is 0. The lowest BCUT2D eigenvalue weighted by Crippen LogP contribution is -2.52. The highest BCUT2D eigenvalue weighted by molar-refractivity contribution is 7.98. The van der Waals surface area contributed by atoms with Crippen molar-refractivity contribution >= 4 is 23.6 Å². The molecule has 166 valence electrons. The van der Waals surface area contributed by atoms with Gasteiger partial charge >= 0.3 is 0 Å². The van der Waals surface area contributed by atoms with Gasteiger partial charge in [0.1, 0.15) is 11.8 Å². The second-order valence-electron chi connectivity index (χ2n) is 8.09. The van der Waals surface area contributed by atoms with Crippen LogP contribution in [0.3, 0.4) is 0 Å². The van der Waals surface area contributed by atoms with Crippen molar-refractivity contribution in [2.45, 2.75) is 32.2 Å².